The predicted molar refractivity (Wildman–Crippen MR) is 103 cm³/mol. The van der Waals surface area contributed by atoms with Crippen LogP contribution >= 0.6 is 11.6 Å². The third kappa shape index (κ3) is 6.45. The predicted octanol–water partition coefficient (Wildman–Crippen LogP) is 3.41. The number of nitrogens with one attached hydrogen (secondary N) is 1. The summed E-state index contributed by atoms with van der Waals surface area (Å²) in [5.41, 5.74) is 0.0456. The molecule has 0 radical (unpaired) electrons. The van der Waals surface area contributed by atoms with Gasteiger partial charge < -0.3 is 10.1 Å². The van der Waals surface area contributed by atoms with Gasteiger partial charge in [0.25, 0.3) is 0 Å². The monoisotopic (exact) mass is 402 g/mol. The molecule has 0 bridgehead atoms. The van der Waals surface area contributed by atoms with Gasteiger partial charge in [-0.05, 0) is 51.2 Å². The number of benzene rings is 1. The van der Waals surface area contributed by atoms with Crippen LogP contribution in [-0.4, -0.2) is 44.1 Å². The first-order chi connectivity index (χ1) is 12.1. The summed E-state index contributed by atoms with van der Waals surface area (Å²) in [6.07, 6.45) is 1.16. The zero-order valence-corrected chi connectivity index (χ0v) is 17.1. The molecule has 1 fully saturated rings. The van der Waals surface area contributed by atoms with Crippen molar-refractivity contribution in [1.82, 2.24) is 9.62 Å². The van der Waals surface area contributed by atoms with E-state index in [1.165, 1.54) is 4.31 Å². The molecule has 1 heterocycles. The number of amides is 1. The van der Waals surface area contributed by atoms with Crippen LogP contribution < -0.4 is 5.32 Å². The Morgan fingerprint density at radius 2 is 2.04 bits per heavy atom. The second-order valence-corrected chi connectivity index (χ2v) is 9.97. The van der Waals surface area contributed by atoms with Gasteiger partial charge in [0, 0.05) is 24.7 Å². The third-order valence-electron chi connectivity index (χ3n) is 4.10. The summed E-state index contributed by atoms with van der Waals surface area (Å²) < 4.78 is 32.2. The summed E-state index contributed by atoms with van der Waals surface area (Å²) in [5.74, 6) is -0.0453. The highest BCUT2D eigenvalue weighted by Crippen LogP contribution is 2.24. The molecule has 1 aliphatic heterocycles. The Morgan fingerprint density at radius 3 is 2.69 bits per heavy atom. The maximum atomic E-state index is 12.7. The van der Waals surface area contributed by atoms with Gasteiger partial charge in [0.15, 0.2) is 0 Å². The smallest absolute Gasteiger partial charge is 0.407 e. The molecule has 26 heavy (non-hydrogen) atoms. The fourth-order valence-corrected chi connectivity index (χ4v) is 4.85. The Hall–Kier alpha value is -1.31. The average molecular weight is 403 g/mol. The van der Waals surface area contributed by atoms with E-state index >= 15 is 0 Å². The lowest BCUT2D eigenvalue weighted by Crippen LogP contribution is -2.44. The van der Waals surface area contributed by atoms with Crippen LogP contribution in [0, 0.1) is 5.92 Å². The van der Waals surface area contributed by atoms with Crippen molar-refractivity contribution >= 4 is 27.7 Å². The van der Waals surface area contributed by atoms with Crippen molar-refractivity contribution in [3.63, 3.8) is 0 Å². The van der Waals surface area contributed by atoms with E-state index in [9.17, 15) is 13.2 Å². The molecule has 0 saturated carbocycles. The molecule has 2 rings (SSSR count). The lowest BCUT2D eigenvalue weighted by atomic mass is 10.00. The van der Waals surface area contributed by atoms with E-state index in [2.05, 4.69) is 5.32 Å². The number of carbonyl (C=O) groups is 1. The van der Waals surface area contributed by atoms with E-state index in [0.717, 1.165) is 12.8 Å². The highest BCUT2D eigenvalue weighted by Gasteiger charge is 2.30. The van der Waals surface area contributed by atoms with Gasteiger partial charge in [-0.15, -0.1) is 0 Å². The summed E-state index contributed by atoms with van der Waals surface area (Å²) in [7, 11) is -3.45. The molecule has 0 aliphatic carbocycles. The molecule has 0 unspecified atom stereocenters. The van der Waals surface area contributed by atoms with Crippen molar-refractivity contribution in [2.45, 2.75) is 45.0 Å². The fourth-order valence-electron chi connectivity index (χ4n) is 2.89. The van der Waals surface area contributed by atoms with Crippen molar-refractivity contribution in [1.29, 1.82) is 0 Å². The van der Waals surface area contributed by atoms with Crippen LogP contribution in [0.2, 0.25) is 5.02 Å². The van der Waals surface area contributed by atoms with E-state index in [4.69, 9.17) is 16.3 Å². The topological polar surface area (TPSA) is 75.7 Å². The summed E-state index contributed by atoms with van der Waals surface area (Å²) >= 11 is 6.09. The molecular formula is C18H27ClN2O4S. The summed E-state index contributed by atoms with van der Waals surface area (Å²) in [6, 6.07) is 6.97. The molecule has 6 nitrogen and oxygen atoms in total. The number of hydrogen-bond acceptors (Lipinski definition) is 4. The zero-order valence-electron chi connectivity index (χ0n) is 15.5. The van der Waals surface area contributed by atoms with Crippen LogP contribution in [0.5, 0.6) is 0 Å². The molecule has 1 aliphatic rings. The lowest BCUT2D eigenvalue weighted by molar-refractivity contribution is 0.0513. The first-order valence-electron chi connectivity index (χ1n) is 8.75. The van der Waals surface area contributed by atoms with E-state index < -0.39 is 21.7 Å². The Bertz CT molecular complexity index is 731. The normalized spacial score (nSPS) is 19.2. The number of piperidine rings is 1. The van der Waals surface area contributed by atoms with Gasteiger partial charge in [-0.3, -0.25) is 0 Å². The standard InChI is InChI=1S/C18H27ClN2O4S/c1-18(2,3)25-17(22)20-11-14-7-6-10-21(12-14)26(23,24)13-15-8-4-5-9-16(15)19/h4-5,8-9,14H,6-7,10-13H2,1-3H3,(H,20,22)/t14-/m0/s1. The maximum absolute atomic E-state index is 12.7. The molecule has 8 heteroatoms. The largest absolute Gasteiger partial charge is 0.444 e. The number of ether oxygens (including phenoxy) is 1. The Kier molecular flexibility index (Phi) is 6.93. The summed E-state index contributed by atoms with van der Waals surface area (Å²) in [4.78, 5) is 11.8. The lowest BCUT2D eigenvalue weighted by Gasteiger charge is -2.32. The Morgan fingerprint density at radius 1 is 1.35 bits per heavy atom. The number of sulfonamides is 1. The minimum Gasteiger partial charge on any atom is -0.444 e. The molecule has 146 valence electrons. The van der Waals surface area contributed by atoms with Crippen molar-refractivity contribution in [2.75, 3.05) is 19.6 Å². The molecule has 1 N–H and O–H groups in total. The number of nitrogens with zero attached hydrogens (tertiary/aromatic N) is 1. The molecule has 1 amide bonds. The van der Waals surface area contributed by atoms with Gasteiger partial charge in [-0.1, -0.05) is 29.8 Å². The summed E-state index contributed by atoms with van der Waals surface area (Å²) in [6.45, 7) is 6.69. The molecule has 0 aromatic heterocycles. The molecular weight excluding hydrogens is 376 g/mol. The van der Waals surface area contributed by atoms with Crippen LogP contribution in [0.25, 0.3) is 0 Å². The van der Waals surface area contributed by atoms with Gasteiger partial charge in [0.2, 0.25) is 10.0 Å². The number of hydrogen-bond donors (Lipinski definition) is 1. The van der Waals surface area contributed by atoms with Gasteiger partial charge in [-0.2, -0.15) is 0 Å². The van der Waals surface area contributed by atoms with Crippen molar-refractivity contribution < 1.29 is 17.9 Å². The van der Waals surface area contributed by atoms with Crippen LogP contribution in [-0.2, 0) is 20.5 Å². The van der Waals surface area contributed by atoms with Gasteiger partial charge in [-0.25, -0.2) is 17.5 Å². The number of halogens is 1. The molecule has 1 aromatic carbocycles. The number of rotatable bonds is 5. The fraction of sp³-hybridized carbons (Fsp3) is 0.611. The van der Waals surface area contributed by atoms with E-state index in [-0.39, 0.29) is 11.7 Å². The van der Waals surface area contributed by atoms with Gasteiger partial charge >= 0.3 is 6.09 Å². The molecule has 1 aromatic rings. The second-order valence-electron chi connectivity index (χ2n) is 7.60. The van der Waals surface area contributed by atoms with E-state index in [1.807, 2.05) is 0 Å². The second kappa shape index (κ2) is 8.59. The molecule has 0 spiro atoms. The Balaban J connectivity index is 1.92. The minimum absolute atomic E-state index is 0.0669. The third-order valence-corrected chi connectivity index (χ3v) is 6.27. The van der Waals surface area contributed by atoms with Crippen LogP contribution in [0.3, 0.4) is 0 Å². The Labute approximate surface area is 160 Å². The minimum atomic E-state index is -3.45. The average Bonchev–Trinajstić information content (AvgIpc) is 2.54. The molecule has 1 saturated heterocycles. The van der Waals surface area contributed by atoms with Gasteiger partial charge in [0.05, 0.1) is 5.75 Å². The van der Waals surface area contributed by atoms with Crippen LogP contribution in [0.15, 0.2) is 24.3 Å². The van der Waals surface area contributed by atoms with Crippen LogP contribution in [0.4, 0.5) is 4.79 Å². The number of alkyl carbamates (subject to hydrolysis) is 1. The summed E-state index contributed by atoms with van der Waals surface area (Å²) in [5, 5.41) is 3.19. The van der Waals surface area contributed by atoms with Crippen molar-refractivity contribution in [3.05, 3.63) is 34.9 Å². The maximum Gasteiger partial charge on any atom is 0.407 e. The highest BCUT2D eigenvalue weighted by molar-refractivity contribution is 7.88. The van der Waals surface area contributed by atoms with Gasteiger partial charge in [0.1, 0.15) is 5.60 Å². The van der Waals surface area contributed by atoms with Crippen molar-refractivity contribution in [3.8, 4) is 0 Å². The number of carbonyl (C=O) groups excluding carboxylic acids is 1. The molecule has 1 atom stereocenters. The van der Waals surface area contributed by atoms with Crippen LogP contribution in [0.1, 0.15) is 39.2 Å². The van der Waals surface area contributed by atoms with Crippen molar-refractivity contribution in [2.24, 2.45) is 5.92 Å². The highest BCUT2D eigenvalue weighted by atomic mass is 35.5. The zero-order chi connectivity index (χ0) is 19.4. The first kappa shape index (κ1) is 21.0. The van der Waals surface area contributed by atoms with E-state index in [0.29, 0.717) is 30.2 Å². The SMILES string of the molecule is CC(C)(C)OC(=O)NC[C@@H]1CCCN(S(=O)(=O)Cc2ccccc2Cl)C1. The van der Waals surface area contributed by atoms with E-state index in [1.54, 1.807) is 45.0 Å². The quantitative estimate of drug-likeness (QED) is 0.818. The first-order valence-corrected chi connectivity index (χ1v) is 10.7.